The summed E-state index contributed by atoms with van der Waals surface area (Å²) in [6.45, 7) is 6.61. The Balaban J connectivity index is 1.36. The van der Waals surface area contributed by atoms with Gasteiger partial charge in [0.2, 0.25) is 0 Å². The Kier molecular flexibility index (Phi) is 3.85. The summed E-state index contributed by atoms with van der Waals surface area (Å²) in [6, 6.07) is 4.35. The number of likely N-dealkylation sites (tertiary alicyclic amines) is 2. The number of hydrogen-bond donors (Lipinski definition) is 0. The van der Waals surface area contributed by atoms with Gasteiger partial charge in [-0.3, -0.25) is 14.7 Å². The smallest absolute Gasteiger partial charge is 0.272 e. The lowest BCUT2D eigenvalue weighted by Gasteiger charge is -2.47. The van der Waals surface area contributed by atoms with Crippen molar-refractivity contribution in [2.24, 2.45) is 0 Å². The van der Waals surface area contributed by atoms with Gasteiger partial charge in [-0.25, -0.2) is 0 Å². The molecule has 3 saturated heterocycles. The van der Waals surface area contributed by atoms with Crippen molar-refractivity contribution in [1.29, 1.82) is 0 Å². The van der Waals surface area contributed by atoms with Crippen LogP contribution in [0.2, 0.25) is 0 Å². The Bertz CT molecular complexity index is 592. The van der Waals surface area contributed by atoms with Crippen LogP contribution in [0, 0.1) is 6.92 Å². The third-order valence-corrected chi connectivity index (χ3v) is 5.55. The van der Waals surface area contributed by atoms with Gasteiger partial charge in [0.15, 0.2) is 0 Å². The highest BCUT2D eigenvalue weighted by Crippen LogP contribution is 2.38. The average Bonchev–Trinajstić information content (AvgIpc) is 3.00. The van der Waals surface area contributed by atoms with Crippen LogP contribution in [0.3, 0.4) is 0 Å². The molecule has 1 unspecified atom stereocenters. The highest BCUT2D eigenvalue weighted by atomic mass is 16.5. The molecule has 124 valence electrons. The summed E-state index contributed by atoms with van der Waals surface area (Å²) < 4.78 is 6.13. The van der Waals surface area contributed by atoms with E-state index in [1.165, 1.54) is 32.4 Å². The van der Waals surface area contributed by atoms with Crippen LogP contribution in [0.15, 0.2) is 18.3 Å². The summed E-state index contributed by atoms with van der Waals surface area (Å²) in [6.07, 6.45) is 6.74. The maximum absolute atomic E-state index is 12.6. The van der Waals surface area contributed by atoms with Crippen molar-refractivity contribution in [2.45, 2.75) is 44.2 Å². The van der Waals surface area contributed by atoms with E-state index in [0.717, 1.165) is 18.6 Å². The third-order valence-electron chi connectivity index (χ3n) is 5.55. The van der Waals surface area contributed by atoms with Gasteiger partial charge in [0.05, 0.1) is 19.7 Å². The molecule has 1 atom stereocenters. The molecule has 3 aliphatic heterocycles. The van der Waals surface area contributed by atoms with Crippen molar-refractivity contribution in [3.05, 3.63) is 29.6 Å². The molecule has 4 heterocycles. The number of rotatable bonds is 2. The van der Waals surface area contributed by atoms with Crippen LogP contribution in [-0.2, 0) is 4.74 Å². The van der Waals surface area contributed by atoms with E-state index >= 15 is 0 Å². The van der Waals surface area contributed by atoms with E-state index in [0.29, 0.717) is 24.8 Å². The predicted molar refractivity (Wildman–Crippen MR) is 87.4 cm³/mol. The summed E-state index contributed by atoms with van der Waals surface area (Å²) in [5.41, 5.74) is 1.42. The zero-order chi connectivity index (χ0) is 15.9. The third kappa shape index (κ3) is 2.76. The minimum absolute atomic E-state index is 0.0405. The second-order valence-electron chi connectivity index (χ2n) is 7.28. The van der Waals surface area contributed by atoms with E-state index in [2.05, 4.69) is 9.88 Å². The zero-order valence-corrected chi connectivity index (χ0v) is 13.8. The first kappa shape index (κ1) is 15.1. The fraction of sp³-hybridized carbons (Fsp3) is 0.667. The van der Waals surface area contributed by atoms with E-state index in [4.69, 9.17) is 4.74 Å². The van der Waals surface area contributed by atoms with Gasteiger partial charge in [-0.1, -0.05) is 12.5 Å². The van der Waals surface area contributed by atoms with Crippen molar-refractivity contribution in [2.75, 3.05) is 32.8 Å². The van der Waals surface area contributed by atoms with E-state index in [-0.39, 0.29) is 11.5 Å². The molecule has 0 saturated carbocycles. The molecule has 3 aliphatic rings. The molecular weight excluding hydrogens is 290 g/mol. The summed E-state index contributed by atoms with van der Waals surface area (Å²) in [5.74, 6) is 0.0405. The molecule has 0 bridgehead atoms. The molecule has 5 heteroatoms. The van der Waals surface area contributed by atoms with Crippen LogP contribution in [0.4, 0.5) is 0 Å². The molecule has 0 radical (unpaired) electrons. The molecule has 0 N–H and O–H groups in total. The Morgan fingerprint density at radius 3 is 2.83 bits per heavy atom. The molecule has 1 spiro atoms. The van der Waals surface area contributed by atoms with Gasteiger partial charge in [0.1, 0.15) is 11.3 Å². The number of piperidine rings is 1. The van der Waals surface area contributed by atoms with Crippen LogP contribution in [0.5, 0.6) is 0 Å². The number of nitrogens with zero attached hydrogens (tertiary/aromatic N) is 3. The van der Waals surface area contributed by atoms with E-state index < -0.39 is 0 Å². The standard InChI is InChI=1S/C18H25N3O2/c1-14-6-5-7-19-16(14)17(22)21-12-18(13-21)10-15(11-23-18)20-8-3-2-4-9-20/h5-7,15H,2-4,8-13H2,1H3. The first-order valence-electron chi connectivity index (χ1n) is 8.76. The number of aryl methyl sites for hydroxylation is 1. The van der Waals surface area contributed by atoms with Gasteiger partial charge in [-0.2, -0.15) is 0 Å². The van der Waals surface area contributed by atoms with Gasteiger partial charge in [0.25, 0.3) is 5.91 Å². The maximum atomic E-state index is 12.6. The SMILES string of the molecule is Cc1cccnc1C(=O)N1CC2(CC(N3CCCCC3)CO2)C1. The lowest BCUT2D eigenvalue weighted by atomic mass is 9.88. The highest BCUT2D eigenvalue weighted by molar-refractivity contribution is 5.94. The summed E-state index contributed by atoms with van der Waals surface area (Å²) in [7, 11) is 0. The van der Waals surface area contributed by atoms with Crippen molar-refractivity contribution in [3.63, 3.8) is 0 Å². The van der Waals surface area contributed by atoms with E-state index in [1.807, 2.05) is 24.0 Å². The van der Waals surface area contributed by atoms with Gasteiger partial charge in [-0.15, -0.1) is 0 Å². The molecule has 1 aromatic heterocycles. The molecule has 23 heavy (non-hydrogen) atoms. The monoisotopic (exact) mass is 315 g/mol. The number of carbonyl (C=O) groups excluding carboxylic acids is 1. The number of hydrogen-bond acceptors (Lipinski definition) is 4. The quantitative estimate of drug-likeness (QED) is 0.836. The lowest BCUT2D eigenvalue weighted by molar-refractivity contribution is -0.0952. The van der Waals surface area contributed by atoms with Crippen LogP contribution >= 0.6 is 0 Å². The predicted octanol–water partition coefficient (Wildman–Crippen LogP) is 1.86. The summed E-state index contributed by atoms with van der Waals surface area (Å²) >= 11 is 0. The Morgan fingerprint density at radius 2 is 2.09 bits per heavy atom. The molecule has 4 rings (SSSR count). The minimum Gasteiger partial charge on any atom is -0.370 e. The number of ether oxygens (including phenoxy) is 1. The number of carbonyl (C=O) groups is 1. The summed E-state index contributed by atoms with van der Waals surface area (Å²) in [4.78, 5) is 21.3. The van der Waals surface area contributed by atoms with Crippen molar-refractivity contribution in [3.8, 4) is 0 Å². The summed E-state index contributed by atoms with van der Waals surface area (Å²) in [5, 5.41) is 0. The minimum atomic E-state index is -0.0968. The van der Waals surface area contributed by atoms with E-state index in [1.54, 1.807) is 6.20 Å². The van der Waals surface area contributed by atoms with Crippen LogP contribution in [0.1, 0.15) is 41.7 Å². The van der Waals surface area contributed by atoms with E-state index in [9.17, 15) is 4.79 Å². The lowest BCUT2D eigenvalue weighted by Crippen LogP contribution is -2.63. The number of pyridine rings is 1. The highest BCUT2D eigenvalue weighted by Gasteiger charge is 2.52. The zero-order valence-electron chi connectivity index (χ0n) is 13.8. The molecule has 3 fully saturated rings. The first-order valence-corrected chi connectivity index (χ1v) is 8.76. The van der Waals surface area contributed by atoms with Gasteiger partial charge >= 0.3 is 0 Å². The number of amides is 1. The van der Waals surface area contributed by atoms with Crippen molar-refractivity contribution < 1.29 is 9.53 Å². The van der Waals surface area contributed by atoms with Gasteiger partial charge in [0, 0.05) is 12.2 Å². The van der Waals surface area contributed by atoms with Crippen LogP contribution in [-0.4, -0.2) is 65.1 Å². The second kappa shape index (κ2) is 5.87. The Labute approximate surface area is 137 Å². The van der Waals surface area contributed by atoms with Gasteiger partial charge < -0.3 is 9.64 Å². The molecule has 0 aromatic carbocycles. The Hall–Kier alpha value is -1.46. The fourth-order valence-electron chi connectivity index (χ4n) is 4.21. The van der Waals surface area contributed by atoms with Crippen LogP contribution in [0.25, 0.3) is 0 Å². The fourth-order valence-corrected chi connectivity index (χ4v) is 4.21. The van der Waals surface area contributed by atoms with Gasteiger partial charge in [-0.05, 0) is 50.9 Å². The molecule has 0 aliphatic carbocycles. The molecule has 1 aromatic rings. The number of aromatic nitrogens is 1. The maximum Gasteiger partial charge on any atom is 0.272 e. The largest absolute Gasteiger partial charge is 0.370 e. The average molecular weight is 315 g/mol. The second-order valence-corrected chi connectivity index (χ2v) is 7.28. The van der Waals surface area contributed by atoms with Crippen molar-refractivity contribution in [1.82, 2.24) is 14.8 Å². The Morgan fingerprint density at radius 1 is 1.30 bits per heavy atom. The normalized spacial score (nSPS) is 27.2. The topological polar surface area (TPSA) is 45.7 Å². The molecular formula is C18H25N3O2. The van der Waals surface area contributed by atoms with Crippen LogP contribution < -0.4 is 0 Å². The van der Waals surface area contributed by atoms with Crippen molar-refractivity contribution >= 4 is 5.91 Å². The molecule has 1 amide bonds. The first-order chi connectivity index (χ1) is 11.2. The molecule has 5 nitrogen and oxygen atoms in total.